The molecule has 0 amide bonds. The van der Waals surface area contributed by atoms with Crippen LogP contribution in [0, 0.1) is 27.7 Å². The Labute approximate surface area is 193 Å². The number of nitrogens with zero attached hydrogens (tertiary/aromatic N) is 3. The second kappa shape index (κ2) is 7.73. The number of hydrogen-bond donors (Lipinski definition) is 0. The lowest BCUT2D eigenvalue weighted by atomic mass is 10.1. The number of fused-ring (bicyclic) bond motifs is 3. The number of benzene rings is 2. The van der Waals surface area contributed by atoms with Crippen LogP contribution in [0.5, 0.6) is 11.8 Å². The summed E-state index contributed by atoms with van der Waals surface area (Å²) in [7, 11) is 0. The summed E-state index contributed by atoms with van der Waals surface area (Å²) in [4.78, 5) is 25.5. The molecule has 0 aliphatic heterocycles. The Morgan fingerprint density at radius 1 is 0.906 bits per heavy atom. The van der Waals surface area contributed by atoms with E-state index in [2.05, 4.69) is 6.92 Å². The smallest absolute Gasteiger partial charge is 0.310 e. The molecule has 2 aromatic carbocycles. The zero-order valence-corrected chi connectivity index (χ0v) is 19.6. The molecule has 0 atom stereocenters. The van der Waals surface area contributed by atoms with Crippen LogP contribution in [0.15, 0.2) is 53.3 Å². The molecule has 32 heavy (non-hydrogen) atoms. The normalized spacial score (nSPS) is 11.4. The molecule has 0 N–H and O–H groups in total. The molecular weight excluding hydrogens is 442 g/mol. The lowest BCUT2D eigenvalue weighted by Gasteiger charge is -2.15. The highest BCUT2D eigenvalue weighted by Crippen LogP contribution is 2.35. The second-order valence-corrected chi connectivity index (χ2v) is 9.45. The zero-order chi connectivity index (χ0) is 22.6. The predicted octanol–water partition coefficient (Wildman–Crippen LogP) is 6.67. The molecule has 3 aromatic heterocycles. The topological polar surface area (TPSA) is 57.0 Å². The van der Waals surface area contributed by atoms with Crippen LogP contribution in [0.2, 0.25) is 5.02 Å². The van der Waals surface area contributed by atoms with Crippen LogP contribution in [-0.4, -0.2) is 14.5 Å². The van der Waals surface area contributed by atoms with Gasteiger partial charge in [0.2, 0.25) is 0 Å². The molecule has 0 fully saturated rings. The van der Waals surface area contributed by atoms with E-state index in [0.29, 0.717) is 33.1 Å². The molecule has 0 saturated carbocycles. The van der Waals surface area contributed by atoms with E-state index in [9.17, 15) is 4.79 Å². The number of thiophene rings is 1. The van der Waals surface area contributed by atoms with Crippen molar-refractivity contribution in [2.45, 2.75) is 27.7 Å². The van der Waals surface area contributed by atoms with Crippen molar-refractivity contribution < 1.29 is 4.74 Å². The Bertz CT molecular complexity index is 1550. The molecule has 0 aliphatic carbocycles. The van der Waals surface area contributed by atoms with Crippen LogP contribution in [-0.2, 0) is 0 Å². The second-order valence-electron chi connectivity index (χ2n) is 7.81. The van der Waals surface area contributed by atoms with Crippen molar-refractivity contribution in [3.63, 3.8) is 0 Å². The van der Waals surface area contributed by atoms with Crippen LogP contribution < -0.4 is 10.3 Å². The van der Waals surface area contributed by atoms with Crippen LogP contribution in [0.3, 0.4) is 0 Å². The maximum absolute atomic E-state index is 13.8. The maximum Gasteiger partial charge on any atom is 0.310 e. The summed E-state index contributed by atoms with van der Waals surface area (Å²) in [6.07, 6.45) is 0. The number of aromatic nitrogens is 3. The van der Waals surface area contributed by atoms with E-state index >= 15 is 0 Å². The standard InChI is InChI=1S/C25H20ClN3O2S/c1-13-5-11-19(12-6-13)31-25-28-22-20-14(2)16(4)32-23(20)27-15(3)21(22)24(30)29(25)18-9-7-17(26)8-10-18/h5-12H,1-4H3. The largest absolute Gasteiger partial charge is 0.425 e. The lowest BCUT2D eigenvalue weighted by Crippen LogP contribution is -2.22. The first-order chi connectivity index (χ1) is 15.3. The van der Waals surface area contributed by atoms with Crippen LogP contribution >= 0.6 is 22.9 Å². The quantitative estimate of drug-likeness (QED) is 0.301. The maximum atomic E-state index is 13.8. The zero-order valence-electron chi connectivity index (χ0n) is 18.1. The van der Waals surface area contributed by atoms with Crippen molar-refractivity contribution in [2.24, 2.45) is 0 Å². The molecule has 0 aliphatic rings. The van der Waals surface area contributed by atoms with Gasteiger partial charge >= 0.3 is 6.01 Å². The van der Waals surface area contributed by atoms with Gasteiger partial charge in [-0.05, 0) is 69.7 Å². The van der Waals surface area contributed by atoms with E-state index in [1.54, 1.807) is 35.6 Å². The van der Waals surface area contributed by atoms with Crippen LogP contribution in [0.4, 0.5) is 0 Å². The van der Waals surface area contributed by atoms with Gasteiger partial charge in [0.15, 0.2) is 0 Å². The summed E-state index contributed by atoms with van der Waals surface area (Å²) in [6.45, 7) is 7.96. The van der Waals surface area contributed by atoms with E-state index in [0.717, 1.165) is 26.2 Å². The van der Waals surface area contributed by atoms with Crippen LogP contribution in [0.1, 0.15) is 21.7 Å². The third-order valence-electron chi connectivity index (χ3n) is 5.60. The van der Waals surface area contributed by atoms with Crippen molar-refractivity contribution in [1.29, 1.82) is 0 Å². The predicted molar refractivity (Wildman–Crippen MR) is 131 cm³/mol. The SMILES string of the molecule is Cc1ccc(Oc2nc3c(c(C)nc4sc(C)c(C)c43)c(=O)n2-c2ccc(Cl)cc2)cc1. The average molecular weight is 462 g/mol. The highest BCUT2D eigenvalue weighted by Gasteiger charge is 2.21. The first kappa shape index (κ1) is 20.7. The van der Waals surface area contributed by atoms with E-state index in [4.69, 9.17) is 26.3 Å². The number of rotatable bonds is 3. The van der Waals surface area contributed by atoms with Gasteiger partial charge in [0.25, 0.3) is 5.56 Å². The third kappa shape index (κ3) is 3.36. The van der Waals surface area contributed by atoms with Gasteiger partial charge in [0, 0.05) is 15.3 Å². The summed E-state index contributed by atoms with van der Waals surface area (Å²) >= 11 is 7.70. The Morgan fingerprint density at radius 2 is 1.59 bits per heavy atom. The number of hydrogen-bond acceptors (Lipinski definition) is 5. The minimum atomic E-state index is -0.227. The van der Waals surface area contributed by atoms with Gasteiger partial charge in [-0.3, -0.25) is 4.79 Å². The molecule has 5 rings (SSSR count). The van der Waals surface area contributed by atoms with Gasteiger partial charge in [-0.25, -0.2) is 9.55 Å². The fourth-order valence-corrected chi connectivity index (χ4v) is 4.99. The molecule has 0 saturated heterocycles. The van der Waals surface area contributed by atoms with Gasteiger partial charge in [0.1, 0.15) is 10.6 Å². The van der Waals surface area contributed by atoms with E-state index < -0.39 is 0 Å². The highest BCUT2D eigenvalue weighted by atomic mass is 35.5. The monoisotopic (exact) mass is 461 g/mol. The summed E-state index contributed by atoms with van der Waals surface area (Å²) in [5.41, 5.74) is 3.86. The van der Waals surface area contributed by atoms with Crippen molar-refractivity contribution in [1.82, 2.24) is 14.5 Å². The summed E-state index contributed by atoms with van der Waals surface area (Å²) in [6, 6.07) is 14.9. The molecule has 5 nitrogen and oxygen atoms in total. The van der Waals surface area contributed by atoms with Gasteiger partial charge in [0.05, 0.1) is 22.3 Å². The van der Waals surface area contributed by atoms with E-state index in [1.807, 2.05) is 45.0 Å². The van der Waals surface area contributed by atoms with Gasteiger partial charge in [-0.15, -0.1) is 11.3 Å². The first-order valence-corrected chi connectivity index (χ1v) is 11.4. The molecule has 3 heterocycles. The Morgan fingerprint density at radius 3 is 2.28 bits per heavy atom. The molecular formula is C25H20ClN3O2S. The fourth-order valence-electron chi connectivity index (χ4n) is 3.78. The Hall–Kier alpha value is -3.22. The molecule has 0 unspecified atom stereocenters. The molecule has 0 radical (unpaired) electrons. The summed E-state index contributed by atoms with van der Waals surface area (Å²) < 4.78 is 7.66. The van der Waals surface area contributed by atoms with Crippen molar-refractivity contribution in [3.8, 4) is 17.4 Å². The number of halogens is 1. The van der Waals surface area contributed by atoms with Crippen molar-refractivity contribution >= 4 is 44.1 Å². The molecule has 0 spiro atoms. The minimum Gasteiger partial charge on any atom is -0.425 e. The summed E-state index contributed by atoms with van der Waals surface area (Å²) in [5.74, 6) is 0.602. The lowest BCUT2D eigenvalue weighted by molar-refractivity contribution is 0.427. The van der Waals surface area contributed by atoms with E-state index in [-0.39, 0.29) is 11.6 Å². The Kier molecular flexibility index (Phi) is 4.99. The first-order valence-electron chi connectivity index (χ1n) is 10.2. The van der Waals surface area contributed by atoms with Gasteiger partial charge in [-0.1, -0.05) is 29.3 Å². The van der Waals surface area contributed by atoms with Crippen LogP contribution in [0.25, 0.3) is 26.8 Å². The van der Waals surface area contributed by atoms with Gasteiger partial charge in [-0.2, -0.15) is 4.98 Å². The molecule has 7 heteroatoms. The van der Waals surface area contributed by atoms with Crippen molar-refractivity contribution in [3.05, 3.63) is 85.6 Å². The molecule has 5 aromatic rings. The molecule has 160 valence electrons. The molecule has 0 bridgehead atoms. The van der Waals surface area contributed by atoms with Crippen molar-refractivity contribution in [2.75, 3.05) is 0 Å². The third-order valence-corrected chi connectivity index (χ3v) is 6.96. The summed E-state index contributed by atoms with van der Waals surface area (Å²) in [5, 5.41) is 1.98. The Balaban J connectivity index is 1.88. The van der Waals surface area contributed by atoms with E-state index in [1.165, 1.54) is 4.57 Å². The fraction of sp³-hybridized carbons (Fsp3) is 0.160. The number of ether oxygens (including phenoxy) is 1. The minimum absolute atomic E-state index is 0.198. The average Bonchev–Trinajstić information content (AvgIpc) is 3.04. The number of aryl methyl sites for hydroxylation is 4. The van der Waals surface area contributed by atoms with Gasteiger partial charge < -0.3 is 4.74 Å². The highest BCUT2D eigenvalue weighted by molar-refractivity contribution is 7.18. The number of pyridine rings is 1.